The molecular weight excluding hydrogens is 681 g/mol. The molecule has 2 unspecified atom stereocenters. The summed E-state index contributed by atoms with van der Waals surface area (Å²) in [6.45, 7) is -0.0179. The average Bonchev–Trinajstić information content (AvgIpc) is 3.11. The van der Waals surface area contributed by atoms with Gasteiger partial charge in [-0.1, -0.05) is 72.8 Å². The Bertz CT molecular complexity index is 1850. The number of carbonyl (C=O) groups excluding carboxylic acids is 2. The molecule has 2 atom stereocenters. The number of hydrogen-bond acceptors (Lipinski definition) is 5. The van der Waals surface area contributed by atoms with Crippen LogP contribution in [0.4, 0.5) is 18.9 Å². The Labute approximate surface area is 296 Å². The minimum absolute atomic E-state index is 0.0179. The second kappa shape index (κ2) is 17.2. The normalized spacial score (nSPS) is 14.2. The number of nitrogens with one attached hydrogen (secondary N) is 2. The van der Waals surface area contributed by atoms with E-state index in [9.17, 15) is 32.1 Å². The maximum absolute atomic E-state index is 14.0. The number of ether oxygens (including phenoxy) is 1. The first kappa shape index (κ1) is 37.2. The number of rotatable bonds is 14. The van der Waals surface area contributed by atoms with Gasteiger partial charge in [0.1, 0.15) is 5.75 Å². The zero-order valence-electron chi connectivity index (χ0n) is 27.6. The summed E-state index contributed by atoms with van der Waals surface area (Å²) in [7, 11) is 0. The molecule has 0 fully saturated rings. The molecule has 4 aromatic carbocycles. The van der Waals surface area contributed by atoms with Crippen molar-refractivity contribution in [2.75, 3.05) is 11.9 Å². The number of alkyl halides is 3. The van der Waals surface area contributed by atoms with Crippen LogP contribution in [0.3, 0.4) is 0 Å². The van der Waals surface area contributed by atoms with E-state index in [-0.39, 0.29) is 35.7 Å². The van der Waals surface area contributed by atoms with Gasteiger partial charge < -0.3 is 25.0 Å². The van der Waals surface area contributed by atoms with Crippen LogP contribution in [0.2, 0.25) is 0 Å². The Morgan fingerprint density at radius 2 is 1.63 bits per heavy atom. The Morgan fingerprint density at radius 1 is 0.902 bits per heavy atom. The monoisotopic (exact) mass is 718 g/mol. The molecule has 0 heterocycles. The van der Waals surface area contributed by atoms with Crippen LogP contribution in [0.15, 0.2) is 108 Å². The molecule has 4 aromatic rings. The van der Waals surface area contributed by atoms with Gasteiger partial charge in [-0.2, -0.15) is 0 Å². The second-order valence-corrected chi connectivity index (χ2v) is 13.5. The topological polar surface area (TPSA) is 128 Å². The van der Waals surface area contributed by atoms with E-state index in [1.54, 1.807) is 54.6 Å². The van der Waals surface area contributed by atoms with Gasteiger partial charge in [-0.3, -0.25) is 14.4 Å². The zero-order chi connectivity index (χ0) is 36.4. The minimum atomic E-state index is -5.02. The van der Waals surface area contributed by atoms with Crippen LogP contribution in [0.5, 0.6) is 5.75 Å². The maximum Gasteiger partial charge on any atom is 0.573 e. The van der Waals surface area contributed by atoms with Crippen molar-refractivity contribution in [3.05, 3.63) is 131 Å². The molecule has 0 saturated heterocycles. The van der Waals surface area contributed by atoms with Crippen LogP contribution in [0, 0.1) is 0 Å². The lowest BCUT2D eigenvalue weighted by Gasteiger charge is -2.20. The highest BCUT2D eigenvalue weighted by Gasteiger charge is 2.34. The van der Waals surface area contributed by atoms with Gasteiger partial charge in [-0.05, 0) is 89.8 Å². The largest absolute Gasteiger partial charge is 0.611 e. The van der Waals surface area contributed by atoms with Crippen molar-refractivity contribution in [1.29, 1.82) is 0 Å². The van der Waals surface area contributed by atoms with E-state index in [1.807, 2.05) is 24.3 Å². The van der Waals surface area contributed by atoms with Crippen molar-refractivity contribution in [1.82, 2.24) is 5.32 Å². The van der Waals surface area contributed by atoms with Crippen molar-refractivity contribution in [3.63, 3.8) is 0 Å². The van der Waals surface area contributed by atoms with Crippen molar-refractivity contribution in [2.45, 2.75) is 61.5 Å². The Kier molecular flexibility index (Phi) is 12.6. The number of aliphatic carboxylic acids is 1. The lowest BCUT2D eigenvalue weighted by molar-refractivity contribution is -0.275. The third kappa shape index (κ3) is 11.0. The summed E-state index contributed by atoms with van der Waals surface area (Å²) in [5.74, 6) is -3.33. The number of allylic oxidation sites excluding steroid dienone is 2. The third-order valence-corrected chi connectivity index (χ3v) is 9.80. The van der Waals surface area contributed by atoms with E-state index in [4.69, 9.17) is 5.11 Å². The van der Waals surface area contributed by atoms with E-state index in [0.717, 1.165) is 42.9 Å². The quantitative estimate of drug-likeness (QED) is 0.113. The van der Waals surface area contributed by atoms with Crippen LogP contribution in [0.1, 0.15) is 70.6 Å². The van der Waals surface area contributed by atoms with Crippen LogP contribution in [0.25, 0.3) is 5.57 Å². The van der Waals surface area contributed by atoms with Crippen LogP contribution < -0.4 is 15.4 Å². The van der Waals surface area contributed by atoms with E-state index in [0.29, 0.717) is 16.7 Å². The number of hydrogen-bond donors (Lipinski definition) is 3. The molecule has 0 bridgehead atoms. The maximum atomic E-state index is 14.0. The average molecular weight is 719 g/mol. The van der Waals surface area contributed by atoms with E-state index in [1.165, 1.54) is 17.7 Å². The first-order valence-corrected chi connectivity index (χ1v) is 17.8. The molecule has 5 rings (SSSR count). The smallest absolute Gasteiger partial charge is 0.573 e. The highest BCUT2D eigenvalue weighted by Crippen LogP contribution is 2.35. The number of amides is 2. The predicted molar refractivity (Wildman–Crippen MR) is 189 cm³/mol. The van der Waals surface area contributed by atoms with Gasteiger partial charge in [0.15, 0.2) is 10.6 Å². The molecule has 51 heavy (non-hydrogen) atoms. The molecule has 0 aromatic heterocycles. The summed E-state index contributed by atoms with van der Waals surface area (Å²) in [5, 5.41) is 14.2. The van der Waals surface area contributed by atoms with Crippen LogP contribution in [-0.4, -0.2) is 40.4 Å². The summed E-state index contributed by atoms with van der Waals surface area (Å²) < 4.78 is 57.4. The van der Waals surface area contributed by atoms with Gasteiger partial charge in [-0.15, -0.1) is 13.2 Å². The van der Waals surface area contributed by atoms with Gasteiger partial charge >= 0.3 is 12.3 Å². The predicted octanol–water partition coefficient (Wildman–Crippen LogP) is 8.02. The first-order valence-electron chi connectivity index (χ1n) is 16.5. The Hall–Kier alpha value is -5.07. The van der Waals surface area contributed by atoms with Gasteiger partial charge in [0, 0.05) is 29.4 Å². The van der Waals surface area contributed by atoms with Crippen molar-refractivity contribution < 1.29 is 42.0 Å². The van der Waals surface area contributed by atoms with Gasteiger partial charge in [0.25, 0.3) is 5.91 Å². The molecular formula is C39H37F3N2O6S. The summed E-state index contributed by atoms with van der Waals surface area (Å²) >= 11 is -1.94. The number of halogens is 3. The lowest BCUT2D eigenvalue weighted by atomic mass is 9.88. The van der Waals surface area contributed by atoms with E-state index in [2.05, 4.69) is 21.4 Å². The van der Waals surface area contributed by atoms with E-state index >= 15 is 0 Å². The molecule has 0 saturated carbocycles. The fraction of sp³-hybridized carbons (Fsp3) is 0.256. The number of benzene rings is 4. The van der Waals surface area contributed by atoms with Gasteiger partial charge in [-0.25, -0.2) is 0 Å². The third-order valence-electron chi connectivity index (χ3n) is 8.39. The van der Waals surface area contributed by atoms with Crippen molar-refractivity contribution >= 4 is 40.2 Å². The number of carboxylic acid groups (broad SMARTS) is 1. The molecule has 0 spiro atoms. The molecule has 1 aliphatic rings. The molecule has 0 aliphatic heterocycles. The molecule has 12 heteroatoms. The molecule has 3 N–H and O–H groups in total. The summed E-state index contributed by atoms with van der Waals surface area (Å²) in [6.07, 6.45) is 1.47. The highest BCUT2D eigenvalue weighted by atomic mass is 32.2. The molecule has 8 nitrogen and oxygen atoms in total. The fourth-order valence-electron chi connectivity index (χ4n) is 5.81. The van der Waals surface area contributed by atoms with Crippen molar-refractivity contribution in [2.24, 2.45) is 0 Å². The number of carbonyl (C=O) groups is 3. The standard InChI is InChI=1S/C39H37F3N2O6S/c40-39(41,42)50-34-20-19-32(24-35(34)51(49)25-27-7-3-1-4-8-27)44-38(48)33(30-17-15-29(16-18-30)28-9-5-2-6-10-28)23-26-11-13-31(14-12-26)37(47)43-22-21-36(45)46/h1,3-4,7-9,11-20,24,33H,2,5-6,10,21-23,25H2,(H,43,47)(H,44,48)(H,45,46). The number of anilines is 1. The fourth-order valence-corrected chi connectivity index (χ4v) is 7.05. The molecule has 0 radical (unpaired) electrons. The molecule has 2 amide bonds. The molecule has 1 aliphatic carbocycles. The summed E-state index contributed by atoms with van der Waals surface area (Å²) in [4.78, 5) is 37.1. The zero-order valence-corrected chi connectivity index (χ0v) is 28.4. The van der Waals surface area contributed by atoms with E-state index < -0.39 is 47.0 Å². The highest BCUT2D eigenvalue weighted by molar-refractivity contribution is 7.90. The van der Waals surface area contributed by atoms with Crippen LogP contribution in [-0.2, 0) is 32.9 Å². The summed E-state index contributed by atoms with van der Waals surface area (Å²) in [5.41, 5.74) is 4.88. The Balaban J connectivity index is 1.40. The Morgan fingerprint density at radius 3 is 2.27 bits per heavy atom. The second-order valence-electron chi connectivity index (χ2n) is 12.1. The van der Waals surface area contributed by atoms with Crippen molar-refractivity contribution in [3.8, 4) is 5.75 Å². The van der Waals surface area contributed by atoms with Gasteiger partial charge in [0.05, 0.1) is 12.3 Å². The minimum Gasteiger partial charge on any atom is -0.611 e. The SMILES string of the molecule is O=C(O)CCNC(=O)c1ccc(CC(C(=O)Nc2ccc(OC(F)(F)F)c([S+]([O-])Cc3ccccc3)c2)c2ccc(C3=CCCCC3)cc2)cc1. The molecule has 266 valence electrons. The van der Waals surface area contributed by atoms with Gasteiger partial charge in [0.2, 0.25) is 5.91 Å². The first-order chi connectivity index (χ1) is 24.4. The lowest BCUT2D eigenvalue weighted by Crippen LogP contribution is -2.26. The number of carboxylic acids is 1. The summed E-state index contributed by atoms with van der Waals surface area (Å²) in [6, 6.07) is 26.6. The van der Waals surface area contributed by atoms with Crippen LogP contribution >= 0.6 is 0 Å².